The molecule has 4 heteroatoms. The van der Waals surface area contributed by atoms with Crippen molar-refractivity contribution in [2.24, 2.45) is 0 Å². The molecule has 0 spiro atoms. The molecule has 0 aliphatic carbocycles. The molecule has 0 saturated carbocycles. The van der Waals surface area contributed by atoms with E-state index in [4.69, 9.17) is 4.74 Å². The minimum Gasteiger partial charge on any atom is -0.465 e. The lowest BCUT2D eigenvalue weighted by molar-refractivity contribution is -0.128. The van der Waals surface area contributed by atoms with Gasteiger partial charge in [0.2, 0.25) is 5.91 Å². The Morgan fingerprint density at radius 3 is 2.70 bits per heavy atom. The minimum absolute atomic E-state index is 0.182. The summed E-state index contributed by atoms with van der Waals surface area (Å²) in [5, 5.41) is 0. The second kappa shape index (κ2) is 10.7. The fraction of sp³-hybridized carbons (Fsp3) is 0.478. The highest BCUT2D eigenvalue weighted by atomic mass is 16.5. The van der Waals surface area contributed by atoms with Crippen LogP contribution in [-0.4, -0.2) is 36.5 Å². The molecule has 1 aliphatic rings. The van der Waals surface area contributed by atoms with Crippen molar-refractivity contribution < 1.29 is 14.3 Å². The smallest absolute Gasteiger partial charge is 0.337 e. The van der Waals surface area contributed by atoms with Gasteiger partial charge in [0.1, 0.15) is 0 Å². The fourth-order valence-corrected chi connectivity index (χ4v) is 3.31. The van der Waals surface area contributed by atoms with Crippen molar-refractivity contribution in [2.75, 3.05) is 13.7 Å². The van der Waals surface area contributed by atoms with Crippen LogP contribution in [-0.2, 0) is 16.0 Å². The molecule has 4 nitrogen and oxygen atoms in total. The molecule has 0 bridgehead atoms. The summed E-state index contributed by atoms with van der Waals surface area (Å²) in [6.45, 7) is 5.06. The van der Waals surface area contributed by atoms with Crippen LogP contribution in [0.2, 0.25) is 0 Å². The first-order valence-corrected chi connectivity index (χ1v) is 9.85. The molecule has 1 amide bonds. The Balaban J connectivity index is 1.91. The molecule has 0 unspecified atom stereocenters. The molecule has 1 atom stereocenters. The van der Waals surface area contributed by atoms with Crippen LogP contribution in [0.4, 0.5) is 0 Å². The van der Waals surface area contributed by atoms with E-state index < -0.39 is 0 Å². The second-order valence-electron chi connectivity index (χ2n) is 7.13. The van der Waals surface area contributed by atoms with Crippen LogP contribution < -0.4 is 0 Å². The van der Waals surface area contributed by atoms with Crippen LogP contribution in [0.1, 0.15) is 61.9 Å². The summed E-state index contributed by atoms with van der Waals surface area (Å²) in [6.07, 6.45) is 12.3. The zero-order valence-corrected chi connectivity index (χ0v) is 16.7. The van der Waals surface area contributed by atoms with Crippen LogP contribution in [0, 0.1) is 0 Å². The lowest BCUT2D eigenvalue weighted by atomic mass is 10.1. The molecule has 1 heterocycles. The van der Waals surface area contributed by atoms with E-state index in [0.29, 0.717) is 18.5 Å². The van der Waals surface area contributed by atoms with Gasteiger partial charge in [0, 0.05) is 13.0 Å². The number of rotatable bonds is 9. The van der Waals surface area contributed by atoms with Crippen LogP contribution in [0.5, 0.6) is 0 Å². The van der Waals surface area contributed by atoms with Gasteiger partial charge in [-0.1, -0.05) is 49.3 Å². The third-order valence-corrected chi connectivity index (χ3v) is 5.03. The van der Waals surface area contributed by atoms with Crippen molar-refractivity contribution in [1.29, 1.82) is 0 Å². The molecule has 146 valence electrons. The number of hydrogen-bond acceptors (Lipinski definition) is 3. The molecule has 1 fully saturated rings. The van der Waals surface area contributed by atoms with E-state index in [1.54, 1.807) is 12.1 Å². The average Bonchev–Trinajstić information content (AvgIpc) is 3.04. The average molecular weight is 370 g/mol. The molecular formula is C23H31NO3. The van der Waals surface area contributed by atoms with Gasteiger partial charge in [-0.05, 0) is 50.3 Å². The maximum atomic E-state index is 12.2. The van der Waals surface area contributed by atoms with Crippen molar-refractivity contribution >= 4 is 11.9 Å². The first kappa shape index (κ1) is 20.9. The summed E-state index contributed by atoms with van der Waals surface area (Å²) < 4.78 is 4.72. The van der Waals surface area contributed by atoms with E-state index in [9.17, 15) is 9.59 Å². The Kier molecular flexibility index (Phi) is 8.31. The Bertz CT molecular complexity index is 688. The lowest BCUT2D eigenvalue weighted by Crippen LogP contribution is -2.33. The van der Waals surface area contributed by atoms with Gasteiger partial charge in [0.25, 0.3) is 0 Å². The molecule has 1 aliphatic heterocycles. The Morgan fingerprint density at radius 1 is 1.30 bits per heavy atom. The molecule has 27 heavy (non-hydrogen) atoms. The number of carbonyl (C=O) groups excluding carboxylic acids is 2. The molecule has 1 aromatic carbocycles. The number of amides is 1. The standard InChI is InChI=1S/C23H31NO3/c1-4-5-7-18(2)8-6-9-21-14-15-22(25)24(21)17-16-19-10-12-20(13-11-19)23(26)27-3/h6,8-13,21H,4-5,7,14-17H2,1-3H3/t21-/m0/s1. The van der Waals surface area contributed by atoms with Gasteiger partial charge >= 0.3 is 5.97 Å². The number of carbonyl (C=O) groups is 2. The number of ether oxygens (including phenoxy) is 1. The van der Waals surface area contributed by atoms with Gasteiger partial charge in [0.15, 0.2) is 0 Å². The highest BCUT2D eigenvalue weighted by Gasteiger charge is 2.28. The monoisotopic (exact) mass is 369 g/mol. The Morgan fingerprint density at radius 2 is 2.04 bits per heavy atom. The molecule has 2 rings (SSSR count). The zero-order chi connectivity index (χ0) is 19.6. The predicted molar refractivity (Wildman–Crippen MR) is 109 cm³/mol. The SMILES string of the molecule is CCCCC(C)=CC=C[C@H]1CCC(=O)N1CCc1ccc(C(=O)OC)cc1. The van der Waals surface area contributed by atoms with E-state index in [2.05, 4.69) is 32.1 Å². The van der Waals surface area contributed by atoms with Gasteiger partial charge in [0.05, 0.1) is 18.7 Å². The number of benzene rings is 1. The van der Waals surface area contributed by atoms with Crippen molar-refractivity contribution in [3.8, 4) is 0 Å². The first-order valence-electron chi connectivity index (χ1n) is 9.85. The number of unbranched alkanes of at least 4 members (excludes halogenated alkanes) is 1. The number of nitrogens with zero attached hydrogens (tertiary/aromatic N) is 1. The van der Waals surface area contributed by atoms with Gasteiger partial charge in [-0.3, -0.25) is 4.79 Å². The van der Waals surface area contributed by atoms with E-state index in [1.807, 2.05) is 17.0 Å². The number of esters is 1. The van der Waals surface area contributed by atoms with Crippen LogP contribution in [0.15, 0.2) is 48.1 Å². The number of allylic oxidation sites excluding steroid dienone is 3. The Hall–Kier alpha value is -2.36. The predicted octanol–water partition coefficient (Wildman–Crippen LogP) is 4.70. The largest absolute Gasteiger partial charge is 0.465 e. The summed E-state index contributed by atoms with van der Waals surface area (Å²) in [6, 6.07) is 7.58. The van der Waals surface area contributed by atoms with Crippen LogP contribution >= 0.6 is 0 Å². The number of likely N-dealkylation sites (tertiary alicyclic amines) is 1. The Labute approximate surface area is 162 Å². The van der Waals surface area contributed by atoms with E-state index in [-0.39, 0.29) is 17.9 Å². The molecule has 0 radical (unpaired) electrons. The maximum Gasteiger partial charge on any atom is 0.337 e. The number of methoxy groups -OCH3 is 1. The molecular weight excluding hydrogens is 338 g/mol. The third kappa shape index (κ3) is 6.38. The van der Waals surface area contributed by atoms with Crippen molar-refractivity contribution in [3.05, 3.63) is 59.2 Å². The quantitative estimate of drug-likeness (QED) is 0.468. The molecule has 1 saturated heterocycles. The van der Waals surface area contributed by atoms with Gasteiger partial charge < -0.3 is 9.64 Å². The minimum atomic E-state index is -0.330. The zero-order valence-electron chi connectivity index (χ0n) is 16.7. The highest BCUT2D eigenvalue weighted by Crippen LogP contribution is 2.21. The topological polar surface area (TPSA) is 46.6 Å². The van der Waals surface area contributed by atoms with Gasteiger partial charge in [-0.15, -0.1) is 0 Å². The van der Waals surface area contributed by atoms with Crippen LogP contribution in [0.25, 0.3) is 0 Å². The van der Waals surface area contributed by atoms with E-state index >= 15 is 0 Å². The fourth-order valence-electron chi connectivity index (χ4n) is 3.31. The summed E-state index contributed by atoms with van der Waals surface area (Å²) in [5.41, 5.74) is 3.04. The van der Waals surface area contributed by atoms with Gasteiger partial charge in [-0.2, -0.15) is 0 Å². The van der Waals surface area contributed by atoms with E-state index in [1.165, 1.54) is 25.5 Å². The number of hydrogen-bond donors (Lipinski definition) is 0. The maximum absolute atomic E-state index is 12.2. The highest BCUT2D eigenvalue weighted by molar-refractivity contribution is 5.89. The lowest BCUT2D eigenvalue weighted by Gasteiger charge is -2.22. The van der Waals surface area contributed by atoms with Crippen LogP contribution in [0.3, 0.4) is 0 Å². The van der Waals surface area contributed by atoms with Gasteiger partial charge in [-0.25, -0.2) is 4.79 Å². The normalized spacial score (nSPS) is 17.7. The summed E-state index contributed by atoms with van der Waals surface area (Å²) in [4.78, 5) is 25.7. The first-order chi connectivity index (χ1) is 13.0. The molecule has 0 N–H and O–H groups in total. The summed E-state index contributed by atoms with van der Waals surface area (Å²) in [5.74, 6) is -0.105. The van der Waals surface area contributed by atoms with Crippen molar-refractivity contribution in [1.82, 2.24) is 4.90 Å². The molecule has 1 aromatic rings. The van der Waals surface area contributed by atoms with E-state index in [0.717, 1.165) is 24.8 Å². The second-order valence-corrected chi connectivity index (χ2v) is 7.13. The summed E-state index contributed by atoms with van der Waals surface area (Å²) in [7, 11) is 1.38. The van der Waals surface area contributed by atoms with Crippen molar-refractivity contribution in [3.63, 3.8) is 0 Å². The van der Waals surface area contributed by atoms with Crippen molar-refractivity contribution in [2.45, 2.75) is 58.4 Å². The summed E-state index contributed by atoms with van der Waals surface area (Å²) >= 11 is 0. The third-order valence-electron chi connectivity index (χ3n) is 5.03. The molecule has 0 aromatic heterocycles.